The van der Waals surface area contributed by atoms with Gasteiger partial charge < -0.3 is 14.4 Å². The van der Waals surface area contributed by atoms with Gasteiger partial charge in [0.2, 0.25) is 5.91 Å². The van der Waals surface area contributed by atoms with E-state index in [0.717, 1.165) is 6.08 Å². The van der Waals surface area contributed by atoms with Gasteiger partial charge in [0.1, 0.15) is 18.1 Å². The fraction of sp³-hybridized carbons (Fsp3) is 0.500. The Labute approximate surface area is 150 Å². The molecule has 1 aromatic rings. The minimum atomic E-state index is -4.44. The molecule has 1 amide bonds. The van der Waals surface area contributed by atoms with Crippen molar-refractivity contribution in [1.29, 1.82) is 0 Å². The van der Waals surface area contributed by atoms with Gasteiger partial charge in [-0.25, -0.2) is 0 Å². The van der Waals surface area contributed by atoms with Gasteiger partial charge in [-0.2, -0.15) is 13.2 Å². The Hall–Kier alpha value is -2.06. The molecule has 144 valence electrons. The van der Waals surface area contributed by atoms with Crippen molar-refractivity contribution in [2.24, 2.45) is 0 Å². The lowest BCUT2D eigenvalue weighted by Gasteiger charge is -2.37. The third-order valence-electron chi connectivity index (χ3n) is 4.42. The Balaban J connectivity index is 1.86. The van der Waals surface area contributed by atoms with Gasteiger partial charge in [-0.15, -0.1) is 0 Å². The normalized spacial score (nSPS) is 17.7. The number of rotatable bonds is 6. The molecule has 1 unspecified atom stereocenters. The number of hydrogen-bond donors (Lipinski definition) is 1. The zero-order valence-corrected chi connectivity index (χ0v) is 14.6. The Morgan fingerprint density at radius 1 is 1.35 bits per heavy atom. The maximum absolute atomic E-state index is 12.4. The fourth-order valence-corrected chi connectivity index (χ4v) is 2.80. The lowest BCUT2D eigenvalue weighted by atomic mass is 10.1. The predicted molar refractivity (Wildman–Crippen MR) is 91.3 cm³/mol. The molecule has 8 heteroatoms. The molecule has 1 aromatic heterocycles. The summed E-state index contributed by atoms with van der Waals surface area (Å²) >= 11 is 0. The van der Waals surface area contributed by atoms with Crippen LogP contribution in [0.2, 0.25) is 0 Å². The smallest absolute Gasteiger partial charge is 0.415 e. The number of piperazine rings is 1. The molecule has 5 nitrogen and oxygen atoms in total. The number of allylic oxidation sites excluding steroid dienone is 2. The van der Waals surface area contributed by atoms with E-state index in [9.17, 15) is 18.0 Å². The summed E-state index contributed by atoms with van der Waals surface area (Å²) in [6.45, 7) is 7.07. The molecular formula is C18H23F3N2O3. The number of furan rings is 1. The molecule has 1 aliphatic rings. The van der Waals surface area contributed by atoms with Gasteiger partial charge in [-0.1, -0.05) is 6.58 Å². The lowest BCUT2D eigenvalue weighted by molar-refractivity contribution is -0.136. The average molecular weight is 372 g/mol. The van der Waals surface area contributed by atoms with Gasteiger partial charge in [0.05, 0.1) is 0 Å². The van der Waals surface area contributed by atoms with Crippen LogP contribution in [0.4, 0.5) is 13.2 Å². The van der Waals surface area contributed by atoms with E-state index in [2.05, 4.69) is 11.5 Å². The molecule has 2 heterocycles. The number of alkyl halides is 3. The van der Waals surface area contributed by atoms with Crippen molar-refractivity contribution in [2.45, 2.75) is 25.6 Å². The highest BCUT2D eigenvalue weighted by atomic mass is 19.4. The van der Waals surface area contributed by atoms with Crippen molar-refractivity contribution in [3.05, 3.63) is 41.9 Å². The number of aliphatic hydroxyl groups excluding tert-OH is 1. The summed E-state index contributed by atoms with van der Waals surface area (Å²) in [6, 6.07) is 3.53. The molecule has 0 aromatic carbocycles. The molecular weight excluding hydrogens is 349 g/mol. The Bertz CT molecular complexity index is 659. The first-order valence-electron chi connectivity index (χ1n) is 8.36. The molecule has 0 aliphatic carbocycles. The van der Waals surface area contributed by atoms with Crippen LogP contribution in [-0.2, 0) is 11.2 Å². The van der Waals surface area contributed by atoms with Crippen LogP contribution in [0.15, 0.2) is 34.8 Å². The topological polar surface area (TPSA) is 56.9 Å². The SMILES string of the molecule is C=C(C=Cc1ccc(CC(C)N2CCN(C(=O)CO)CC2)o1)C(F)(F)F. The fourth-order valence-electron chi connectivity index (χ4n) is 2.80. The molecule has 1 saturated heterocycles. The van der Waals surface area contributed by atoms with Crippen LogP contribution in [0.5, 0.6) is 0 Å². The predicted octanol–water partition coefficient (Wildman–Crippen LogP) is 2.48. The molecule has 0 bridgehead atoms. The number of nitrogens with zero attached hydrogens (tertiary/aromatic N) is 2. The van der Waals surface area contributed by atoms with Crippen LogP contribution in [0, 0.1) is 0 Å². The Kier molecular flexibility index (Phi) is 6.66. The van der Waals surface area contributed by atoms with Crippen LogP contribution >= 0.6 is 0 Å². The van der Waals surface area contributed by atoms with Crippen molar-refractivity contribution in [2.75, 3.05) is 32.8 Å². The second-order valence-electron chi connectivity index (χ2n) is 6.29. The summed E-state index contributed by atoms with van der Waals surface area (Å²) < 4.78 is 42.8. The number of halogens is 3. The molecule has 26 heavy (non-hydrogen) atoms. The molecule has 1 atom stereocenters. The van der Waals surface area contributed by atoms with Gasteiger partial charge in [0.25, 0.3) is 0 Å². The van der Waals surface area contributed by atoms with Gasteiger partial charge >= 0.3 is 6.18 Å². The minimum Gasteiger partial charge on any atom is -0.462 e. The van der Waals surface area contributed by atoms with Crippen molar-refractivity contribution in [3.63, 3.8) is 0 Å². The molecule has 0 saturated carbocycles. The number of amides is 1. The summed E-state index contributed by atoms with van der Waals surface area (Å²) in [5.41, 5.74) is -0.931. The molecule has 1 N–H and O–H groups in total. The van der Waals surface area contributed by atoms with Crippen LogP contribution in [-0.4, -0.2) is 65.8 Å². The highest BCUT2D eigenvalue weighted by Crippen LogP contribution is 2.25. The number of hydrogen-bond acceptors (Lipinski definition) is 4. The van der Waals surface area contributed by atoms with Crippen molar-refractivity contribution < 1.29 is 27.5 Å². The summed E-state index contributed by atoms with van der Waals surface area (Å²) in [4.78, 5) is 15.3. The quantitative estimate of drug-likeness (QED) is 0.780. The zero-order chi connectivity index (χ0) is 19.3. The van der Waals surface area contributed by atoms with E-state index in [1.165, 1.54) is 6.08 Å². The van der Waals surface area contributed by atoms with Gasteiger partial charge in [-0.05, 0) is 31.2 Å². The Morgan fingerprint density at radius 2 is 2.00 bits per heavy atom. The highest BCUT2D eigenvalue weighted by molar-refractivity contribution is 5.77. The maximum atomic E-state index is 12.4. The summed E-state index contributed by atoms with van der Waals surface area (Å²) in [6.07, 6.45) is -1.69. The van der Waals surface area contributed by atoms with E-state index in [-0.39, 0.29) is 11.9 Å². The Morgan fingerprint density at radius 3 is 2.58 bits per heavy atom. The second kappa shape index (κ2) is 8.55. The van der Waals surface area contributed by atoms with Gasteiger partial charge in [0, 0.05) is 44.2 Å². The minimum absolute atomic E-state index is 0.162. The summed E-state index contributed by atoms with van der Waals surface area (Å²) in [5.74, 6) is 0.764. The highest BCUT2D eigenvalue weighted by Gasteiger charge is 2.29. The summed E-state index contributed by atoms with van der Waals surface area (Å²) in [7, 11) is 0. The molecule has 0 spiro atoms. The van der Waals surface area contributed by atoms with Gasteiger partial charge in [0.15, 0.2) is 0 Å². The second-order valence-corrected chi connectivity index (χ2v) is 6.29. The molecule has 0 radical (unpaired) electrons. The maximum Gasteiger partial charge on any atom is 0.415 e. The third kappa shape index (κ3) is 5.47. The average Bonchev–Trinajstić information content (AvgIpc) is 3.05. The van der Waals surface area contributed by atoms with E-state index in [4.69, 9.17) is 9.52 Å². The monoisotopic (exact) mass is 372 g/mol. The van der Waals surface area contributed by atoms with Crippen molar-refractivity contribution >= 4 is 12.0 Å². The lowest BCUT2D eigenvalue weighted by Crippen LogP contribution is -2.52. The van der Waals surface area contributed by atoms with Crippen LogP contribution < -0.4 is 0 Å². The van der Waals surface area contributed by atoms with E-state index in [0.29, 0.717) is 44.1 Å². The van der Waals surface area contributed by atoms with Crippen LogP contribution in [0.1, 0.15) is 18.4 Å². The van der Waals surface area contributed by atoms with Gasteiger partial charge in [-0.3, -0.25) is 9.69 Å². The largest absolute Gasteiger partial charge is 0.462 e. The third-order valence-corrected chi connectivity index (χ3v) is 4.42. The molecule has 1 fully saturated rings. The standard InChI is InChI=1S/C18H23F3N2O3/c1-13(18(19,20)21)3-4-15-5-6-16(26-15)11-14(2)22-7-9-23(10-8-22)17(25)12-24/h3-6,14,24H,1,7-12H2,2H3. The zero-order valence-electron chi connectivity index (χ0n) is 14.6. The van der Waals surface area contributed by atoms with E-state index in [1.54, 1.807) is 17.0 Å². The first-order valence-corrected chi connectivity index (χ1v) is 8.36. The van der Waals surface area contributed by atoms with E-state index < -0.39 is 18.4 Å². The summed E-state index contributed by atoms with van der Waals surface area (Å²) in [5, 5.41) is 8.89. The molecule has 2 rings (SSSR count). The first-order chi connectivity index (χ1) is 12.2. The van der Waals surface area contributed by atoms with Crippen molar-refractivity contribution in [1.82, 2.24) is 9.80 Å². The number of carbonyl (C=O) groups is 1. The molecule has 1 aliphatic heterocycles. The number of aliphatic hydroxyl groups is 1. The van der Waals surface area contributed by atoms with Crippen molar-refractivity contribution in [3.8, 4) is 0 Å². The van der Waals surface area contributed by atoms with Crippen LogP contribution in [0.3, 0.4) is 0 Å². The van der Waals surface area contributed by atoms with E-state index in [1.807, 2.05) is 6.92 Å². The number of carbonyl (C=O) groups excluding carboxylic acids is 1. The van der Waals surface area contributed by atoms with E-state index >= 15 is 0 Å². The first kappa shape index (κ1) is 20.3. The van der Waals surface area contributed by atoms with Crippen LogP contribution in [0.25, 0.3) is 6.08 Å².